The third kappa shape index (κ3) is 4.68. The molecular formula is C18H26. The number of rotatable bonds is 8. The van der Waals surface area contributed by atoms with Crippen LogP contribution >= 0.6 is 0 Å². The quantitative estimate of drug-likeness (QED) is 0.513. The van der Waals surface area contributed by atoms with E-state index < -0.39 is 0 Å². The van der Waals surface area contributed by atoms with Gasteiger partial charge in [-0.3, -0.25) is 0 Å². The van der Waals surface area contributed by atoms with E-state index in [1.54, 1.807) is 0 Å². The Morgan fingerprint density at radius 1 is 1.06 bits per heavy atom. The minimum Gasteiger partial charge on any atom is -0.0837 e. The summed E-state index contributed by atoms with van der Waals surface area (Å²) in [5.74, 6) is 2.04. The van der Waals surface area contributed by atoms with Crippen LogP contribution in [0.3, 0.4) is 0 Å². The lowest BCUT2D eigenvalue weighted by atomic mass is 10.1. The lowest BCUT2D eigenvalue weighted by Gasteiger charge is -1.98. The van der Waals surface area contributed by atoms with Crippen LogP contribution in [0.15, 0.2) is 36.4 Å². The van der Waals surface area contributed by atoms with Crippen LogP contribution in [-0.4, -0.2) is 0 Å². The Kier molecular flexibility index (Phi) is 5.51. The topological polar surface area (TPSA) is 0 Å². The van der Waals surface area contributed by atoms with E-state index in [1.807, 2.05) is 0 Å². The lowest BCUT2D eigenvalue weighted by Crippen LogP contribution is -1.83. The van der Waals surface area contributed by atoms with Gasteiger partial charge in [-0.05, 0) is 30.2 Å². The first-order valence-electron chi connectivity index (χ1n) is 7.61. The molecule has 0 heterocycles. The smallest absolute Gasteiger partial charge is 0.0260 e. The summed E-state index contributed by atoms with van der Waals surface area (Å²) in [6, 6.07) is 10.6. The van der Waals surface area contributed by atoms with Crippen LogP contribution in [0, 0.1) is 11.8 Å². The molecule has 0 nitrogen and oxygen atoms in total. The molecule has 0 aromatic heterocycles. The zero-order valence-electron chi connectivity index (χ0n) is 11.6. The first kappa shape index (κ1) is 13.4. The molecule has 1 fully saturated rings. The Morgan fingerprint density at radius 3 is 2.67 bits per heavy atom. The van der Waals surface area contributed by atoms with Gasteiger partial charge in [0, 0.05) is 0 Å². The van der Waals surface area contributed by atoms with Gasteiger partial charge in [-0.25, -0.2) is 0 Å². The average Bonchev–Trinajstić information content (AvgIpc) is 3.15. The standard InChI is InChI=1S/C18H26/c1-2-3-4-8-13-17-15-18(17)14-9-12-16-10-6-5-7-11-16/h5-7,9-12,17-18H,2-4,8,13-15H2,1H3/b12-9+/t17-,18+/m0/s1. The van der Waals surface area contributed by atoms with E-state index in [2.05, 4.69) is 49.4 Å². The van der Waals surface area contributed by atoms with Crippen molar-refractivity contribution in [3.8, 4) is 0 Å². The monoisotopic (exact) mass is 242 g/mol. The molecule has 1 aliphatic rings. The van der Waals surface area contributed by atoms with Crippen molar-refractivity contribution >= 4 is 6.08 Å². The van der Waals surface area contributed by atoms with Crippen LogP contribution in [0.25, 0.3) is 6.08 Å². The second kappa shape index (κ2) is 7.41. The molecule has 0 unspecified atom stereocenters. The van der Waals surface area contributed by atoms with Gasteiger partial charge in [-0.15, -0.1) is 0 Å². The maximum atomic E-state index is 2.37. The van der Waals surface area contributed by atoms with E-state index in [1.165, 1.54) is 50.5 Å². The molecule has 2 atom stereocenters. The van der Waals surface area contributed by atoms with Gasteiger partial charge >= 0.3 is 0 Å². The van der Waals surface area contributed by atoms with Crippen molar-refractivity contribution in [3.63, 3.8) is 0 Å². The molecular weight excluding hydrogens is 216 g/mol. The van der Waals surface area contributed by atoms with Gasteiger partial charge in [0.05, 0.1) is 0 Å². The fraction of sp³-hybridized carbons (Fsp3) is 0.556. The molecule has 0 aliphatic heterocycles. The summed E-state index contributed by atoms with van der Waals surface area (Å²) in [6.07, 6.45) is 14.6. The third-order valence-electron chi connectivity index (χ3n) is 4.05. The predicted octanol–water partition coefficient (Wildman–Crippen LogP) is 5.70. The maximum Gasteiger partial charge on any atom is -0.0260 e. The summed E-state index contributed by atoms with van der Waals surface area (Å²) in [5.41, 5.74) is 1.33. The highest BCUT2D eigenvalue weighted by Gasteiger charge is 2.34. The van der Waals surface area contributed by atoms with E-state index in [4.69, 9.17) is 0 Å². The maximum absolute atomic E-state index is 2.37. The summed E-state index contributed by atoms with van der Waals surface area (Å²) in [5, 5.41) is 0. The highest BCUT2D eigenvalue weighted by Crippen LogP contribution is 2.45. The van der Waals surface area contributed by atoms with Crippen LogP contribution in [0.4, 0.5) is 0 Å². The van der Waals surface area contributed by atoms with Gasteiger partial charge < -0.3 is 0 Å². The van der Waals surface area contributed by atoms with E-state index in [0.29, 0.717) is 0 Å². The van der Waals surface area contributed by atoms with Crippen molar-refractivity contribution in [2.75, 3.05) is 0 Å². The molecule has 2 rings (SSSR count). The van der Waals surface area contributed by atoms with Crippen LogP contribution in [-0.2, 0) is 0 Å². The Bertz CT molecular complexity index is 350. The highest BCUT2D eigenvalue weighted by atomic mass is 14.4. The summed E-state index contributed by atoms with van der Waals surface area (Å²) < 4.78 is 0. The normalized spacial score (nSPS) is 22.5. The third-order valence-corrected chi connectivity index (χ3v) is 4.05. The van der Waals surface area contributed by atoms with Crippen molar-refractivity contribution in [3.05, 3.63) is 42.0 Å². The van der Waals surface area contributed by atoms with Crippen LogP contribution < -0.4 is 0 Å². The zero-order valence-corrected chi connectivity index (χ0v) is 11.6. The summed E-state index contributed by atoms with van der Waals surface area (Å²) in [4.78, 5) is 0. The van der Waals surface area contributed by atoms with Gasteiger partial charge in [-0.1, -0.05) is 81.5 Å². The number of hydrogen-bond donors (Lipinski definition) is 0. The number of allylic oxidation sites excluding steroid dienone is 1. The van der Waals surface area contributed by atoms with Crippen molar-refractivity contribution < 1.29 is 0 Å². The molecule has 1 aromatic rings. The molecule has 18 heavy (non-hydrogen) atoms. The minimum absolute atomic E-state index is 0.992. The Hall–Kier alpha value is -1.04. The molecule has 0 bridgehead atoms. The molecule has 0 N–H and O–H groups in total. The second-order valence-electron chi connectivity index (χ2n) is 5.65. The molecule has 0 amide bonds. The predicted molar refractivity (Wildman–Crippen MR) is 80.4 cm³/mol. The lowest BCUT2D eigenvalue weighted by molar-refractivity contribution is 0.568. The molecule has 98 valence electrons. The first-order chi connectivity index (χ1) is 8.90. The second-order valence-corrected chi connectivity index (χ2v) is 5.65. The average molecular weight is 242 g/mol. The molecule has 0 spiro atoms. The van der Waals surface area contributed by atoms with Crippen molar-refractivity contribution in [2.45, 2.75) is 51.9 Å². The first-order valence-corrected chi connectivity index (χ1v) is 7.61. The number of hydrogen-bond acceptors (Lipinski definition) is 0. The summed E-state index contributed by atoms with van der Waals surface area (Å²) in [6.45, 7) is 2.29. The van der Waals surface area contributed by atoms with Crippen molar-refractivity contribution in [1.82, 2.24) is 0 Å². The van der Waals surface area contributed by atoms with Crippen molar-refractivity contribution in [1.29, 1.82) is 0 Å². The Morgan fingerprint density at radius 2 is 1.89 bits per heavy atom. The van der Waals surface area contributed by atoms with Crippen LogP contribution in [0.5, 0.6) is 0 Å². The largest absolute Gasteiger partial charge is 0.0837 e. The van der Waals surface area contributed by atoms with Gasteiger partial charge in [0.1, 0.15) is 0 Å². The molecule has 1 aliphatic carbocycles. The molecule has 0 saturated heterocycles. The van der Waals surface area contributed by atoms with Gasteiger partial charge in [0.25, 0.3) is 0 Å². The molecule has 1 saturated carbocycles. The van der Waals surface area contributed by atoms with Gasteiger partial charge in [0.15, 0.2) is 0 Å². The summed E-state index contributed by atoms with van der Waals surface area (Å²) in [7, 11) is 0. The minimum atomic E-state index is 0.992. The SMILES string of the molecule is CCCCCC[C@H]1C[C@H]1C/C=C/c1ccccc1. The van der Waals surface area contributed by atoms with Crippen LogP contribution in [0.2, 0.25) is 0 Å². The van der Waals surface area contributed by atoms with Gasteiger partial charge in [-0.2, -0.15) is 0 Å². The van der Waals surface area contributed by atoms with Crippen LogP contribution in [0.1, 0.15) is 57.4 Å². The molecule has 1 aromatic carbocycles. The number of unbranched alkanes of at least 4 members (excludes halogenated alkanes) is 3. The highest BCUT2D eigenvalue weighted by molar-refractivity contribution is 5.48. The number of benzene rings is 1. The van der Waals surface area contributed by atoms with E-state index in [9.17, 15) is 0 Å². The van der Waals surface area contributed by atoms with E-state index >= 15 is 0 Å². The Balaban J connectivity index is 1.58. The molecule has 0 heteroatoms. The van der Waals surface area contributed by atoms with E-state index in [0.717, 1.165) is 11.8 Å². The van der Waals surface area contributed by atoms with Gasteiger partial charge in [0.2, 0.25) is 0 Å². The summed E-state index contributed by atoms with van der Waals surface area (Å²) >= 11 is 0. The van der Waals surface area contributed by atoms with E-state index in [-0.39, 0.29) is 0 Å². The zero-order chi connectivity index (χ0) is 12.6. The fourth-order valence-corrected chi connectivity index (χ4v) is 2.73. The van der Waals surface area contributed by atoms with Crippen molar-refractivity contribution in [2.24, 2.45) is 11.8 Å². The fourth-order valence-electron chi connectivity index (χ4n) is 2.73. The Labute approximate surface area is 112 Å². The molecule has 0 radical (unpaired) electrons.